The first kappa shape index (κ1) is 14.3. The van der Waals surface area contributed by atoms with Gasteiger partial charge in [-0.05, 0) is 24.3 Å². The number of hydrogen-bond donors (Lipinski definition) is 0. The zero-order valence-electron chi connectivity index (χ0n) is 9.91. The van der Waals surface area contributed by atoms with Crippen molar-refractivity contribution in [1.29, 1.82) is 0 Å². The van der Waals surface area contributed by atoms with Gasteiger partial charge in [-0.1, -0.05) is 34.1 Å². The van der Waals surface area contributed by atoms with Crippen molar-refractivity contribution in [1.82, 2.24) is 0 Å². The largest absolute Gasteiger partial charge is 0.489 e. The first-order chi connectivity index (χ1) is 9.16. The van der Waals surface area contributed by atoms with Crippen molar-refractivity contribution >= 4 is 27.7 Å². The summed E-state index contributed by atoms with van der Waals surface area (Å²) in [5, 5.41) is 0. The van der Waals surface area contributed by atoms with E-state index in [0.717, 1.165) is 11.0 Å². The van der Waals surface area contributed by atoms with E-state index in [1.807, 2.05) is 30.3 Å². The molecule has 2 aromatic carbocycles. The summed E-state index contributed by atoms with van der Waals surface area (Å²) in [6.07, 6.45) is 0. The van der Waals surface area contributed by atoms with Crippen molar-refractivity contribution < 1.29 is 13.5 Å². The molecule has 0 aliphatic carbocycles. The molecule has 5 heteroatoms. The molecule has 0 fully saturated rings. The Hall–Kier alpha value is -1.07. The average Bonchev–Trinajstić information content (AvgIpc) is 2.41. The fourth-order valence-electron chi connectivity index (χ4n) is 1.47. The van der Waals surface area contributed by atoms with Gasteiger partial charge in [-0.15, -0.1) is 11.8 Å². The smallest absolute Gasteiger partial charge is 0.200 e. The number of rotatable bonds is 5. The van der Waals surface area contributed by atoms with E-state index in [2.05, 4.69) is 15.9 Å². The molecule has 0 amide bonds. The summed E-state index contributed by atoms with van der Waals surface area (Å²) in [7, 11) is 0. The summed E-state index contributed by atoms with van der Waals surface area (Å²) in [6.45, 7) is 0.312. The van der Waals surface area contributed by atoms with E-state index in [0.29, 0.717) is 16.8 Å². The van der Waals surface area contributed by atoms with Gasteiger partial charge in [-0.2, -0.15) is 4.39 Å². The van der Waals surface area contributed by atoms with Gasteiger partial charge >= 0.3 is 0 Å². The Labute approximate surface area is 123 Å². The molecule has 0 aromatic heterocycles. The van der Waals surface area contributed by atoms with Gasteiger partial charge in [0.25, 0.3) is 0 Å². The van der Waals surface area contributed by atoms with Crippen LogP contribution in [-0.4, -0.2) is 12.4 Å². The van der Waals surface area contributed by atoms with E-state index in [-0.39, 0.29) is 5.75 Å². The van der Waals surface area contributed by atoms with Crippen LogP contribution in [0.4, 0.5) is 8.78 Å². The Morgan fingerprint density at radius 1 is 1.11 bits per heavy atom. The molecule has 0 unspecified atom stereocenters. The van der Waals surface area contributed by atoms with Crippen LogP contribution in [0.25, 0.3) is 0 Å². The van der Waals surface area contributed by atoms with E-state index in [1.54, 1.807) is 11.8 Å². The lowest BCUT2D eigenvalue weighted by molar-refractivity contribution is 0.317. The highest BCUT2D eigenvalue weighted by Gasteiger charge is 2.11. The Morgan fingerprint density at radius 2 is 1.84 bits per heavy atom. The second-order valence-corrected chi connectivity index (χ2v) is 5.79. The topological polar surface area (TPSA) is 9.23 Å². The molecule has 0 bridgehead atoms. The van der Waals surface area contributed by atoms with E-state index in [1.165, 1.54) is 6.07 Å². The van der Waals surface area contributed by atoms with Crippen molar-refractivity contribution in [3.63, 3.8) is 0 Å². The number of benzene rings is 2. The van der Waals surface area contributed by atoms with Crippen LogP contribution in [0.15, 0.2) is 51.8 Å². The summed E-state index contributed by atoms with van der Waals surface area (Å²) in [5.74, 6) is -1.27. The minimum Gasteiger partial charge on any atom is -0.489 e. The highest BCUT2D eigenvalue weighted by atomic mass is 79.9. The fraction of sp³-hybridized carbons (Fsp3) is 0.143. The molecule has 0 saturated heterocycles. The molecule has 2 aromatic rings. The molecule has 0 aliphatic heterocycles. The monoisotopic (exact) mass is 344 g/mol. The molecule has 100 valence electrons. The Morgan fingerprint density at radius 3 is 2.58 bits per heavy atom. The molecular formula is C14H11BrF2OS. The molecule has 19 heavy (non-hydrogen) atoms. The molecule has 0 atom stereocenters. The predicted octanol–water partition coefficient (Wildman–Crippen LogP) is 4.90. The van der Waals surface area contributed by atoms with Crippen molar-refractivity contribution in [3.8, 4) is 5.75 Å². The van der Waals surface area contributed by atoms with Gasteiger partial charge in [0.2, 0.25) is 5.82 Å². The molecular weight excluding hydrogens is 334 g/mol. The SMILES string of the molecule is Fc1cc(Br)cc(OCCSc2ccccc2)c1F. The maximum Gasteiger partial charge on any atom is 0.200 e. The Balaban J connectivity index is 1.86. The van der Waals surface area contributed by atoms with Crippen LogP contribution in [-0.2, 0) is 0 Å². The highest BCUT2D eigenvalue weighted by molar-refractivity contribution is 9.10. The quantitative estimate of drug-likeness (QED) is 0.433. The van der Waals surface area contributed by atoms with Crippen molar-refractivity contribution in [2.45, 2.75) is 4.90 Å². The summed E-state index contributed by atoms with van der Waals surface area (Å²) >= 11 is 4.70. The zero-order valence-corrected chi connectivity index (χ0v) is 12.3. The Bertz CT molecular complexity index is 549. The lowest BCUT2D eigenvalue weighted by Gasteiger charge is -2.08. The first-order valence-electron chi connectivity index (χ1n) is 5.62. The van der Waals surface area contributed by atoms with Crippen LogP contribution in [0, 0.1) is 11.6 Å². The maximum absolute atomic E-state index is 13.4. The van der Waals surface area contributed by atoms with Gasteiger partial charge in [-0.25, -0.2) is 4.39 Å². The molecule has 1 nitrogen and oxygen atoms in total. The normalized spacial score (nSPS) is 10.5. The van der Waals surface area contributed by atoms with Crippen molar-refractivity contribution in [2.24, 2.45) is 0 Å². The number of halogens is 3. The van der Waals surface area contributed by atoms with Crippen LogP contribution in [0.3, 0.4) is 0 Å². The van der Waals surface area contributed by atoms with E-state index in [9.17, 15) is 8.78 Å². The summed E-state index contributed by atoms with van der Waals surface area (Å²) < 4.78 is 32.2. The lowest BCUT2D eigenvalue weighted by atomic mass is 10.3. The number of thioether (sulfide) groups is 1. The number of hydrogen-bond acceptors (Lipinski definition) is 2. The first-order valence-corrected chi connectivity index (χ1v) is 7.40. The molecule has 0 spiro atoms. The molecule has 2 rings (SSSR count). The fourth-order valence-corrected chi connectivity index (χ4v) is 2.63. The molecule has 0 saturated carbocycles. The van der Waals surface area contributed by atoms with Gasteiger partial charge in [0, 0.05) is 15.1 Å². The minimum atomic E-state index is -0.951. The average molecular weight is 345 g/mol. The van der Waals surface area contributed by atoms with E-state index in [4.69, 9.17) is 4.74 Å². The number of ether oxygens (including phenoxy) is 1. The van der Waals surface area contributed by atoms with Crippen LogP contribution < -0.4 is 4.74 Å². The minimum absolute atomic E-state index is 0.0689. The van der Waals surface area contributed by atoms with Crippen LogP contribution in [0.1, 0.15) is 0 Å². The van der Waals surface area contributed by atoms with Crippen LogP contribution in [0.2, 0.25) is 0 Å². The van der Waals surface area contributed by atoms with Crippen molar-refractivity contribution in [2.75, 3.05) is 12.4 Å². The molecule has 0 radical (unpaired) electrons. The summed E-state index contributed by atoms with van der Waals surface area (Å²) in [5.41, 5.74) is 0. The third-order valence-electron chi connectivity index (χ3n) is 2.31. The second kappa shape index (κ2) is 6.91. The Kier molecular flexibility index (Phi) is 5.22. The zero-order chi connectivity index (χ0) is 13.7. The maximum atomic E-state index is 13.4. The van der Waals surface area contributed by atoms with Crippen LogP contribution >= 0.6 is 27.7 Å². The summed E-state index contributed by atoms with van der Waals surface area (Å²) in [6, 6.07) is 12.3. The van der Waals surface area contributed by atoms with Gasteiger partial charge in [0.1, 0.15) is 0 Å². The van der Waals surface area contributed by atoms with Crippen LogP contribution in [0.5, 0.6) is 5.75 Å². The second-order valence-electron chi connectivity index (χ2n) is 3.71. The molecule has 0 aliphatic rings. The molecule has 0 N–H and O–H groups in total. The highest BCUT2D eigenvalue weighted by Crippen LogP contribution is 2.25. The van der Waals surface area contributed by atoms with E-state index >= 15 is 0 Å². The van der Waals surface area contributed by atoms with Gasteiger partial charge < -0.3 is 4.74 Å². The lowest BCUT2D eigenvalue weighted by Crippen LogP contribution is -2.03. The molecule has 0 heterocycles. The van der Waals surface area contributed by atoms with Crippen molar-refractivity contribution in [3.05, 3.63) is 58.6 Å². The van der Waals surface area contributed by atoms with E-state index < -0.39 is 11.6 Å². The standard InChI is InChI=1S/C14H11BrF2OS/c15-10-8-12(16)14(17)13(9-10)18-6-7-19-11-4-2-1-3-5-11/h1-5,8-9H,6-7H2. The van der Waals surface area contributed by atoms with Gasteiger partial charge in [0.05, 0.1) is 6.61 Å². The van der Waals surface area contributed by atoms with Gasteiger partial charge in [0.15, 0.2) is 11.6 Å². The predicted molar refractivity (Wildman–Crippen MR) is 76.7 cm³/mol. The third-order valence-corrected chi connectivity index (χ3v) is 3.75. The summed E-state index contributed by atoms with van der Waals surface area (Å²) in [4.78, 5) is 1.12. The van der Waals surface area contributed by atoms with Gasteiger partial charge in [-0.3, -0.25) is 0 Å². The third kappa shape index (κ3) is 4.21.